The lowest BCUT2D eigenvalue weighted by Crippen LogP contribution is -2.25. The largest absolute Gasteiger partial charge is 0.280 e. The van der Waals surface area contributed by atoms with E-state index in [4.69, 9.17) is 0 Å². The van der Waals surface area contributed by atoms with E-state index in [-0.39, 0.29) is 10.6 Å². The van der Waals surface area contributed by atoms with Crippen LogP contribution in [-0.4, -0.2) is 29.1 Å². The Hall–Kier alpha value is -2.06. The van der Waals surface area contributed by atoms with Gasteiger partial charge in [0, 0.05) is 12.2 Å². The van der Waals surface area contributed by atoms with Crippen LogP contribution in [0.3, 0.4) is 0 Å². The van der Waals surface area contributed by atoms with Gasteiger partial charge >= 0.3 is 0 Å². The average Bonchev–Trinajstić information content (AvgIpc) is 3.01. The zero-order valence-electron chi connectivity index (χ0n) is 14.9. The lowest BCUT2D eigenvalue weighted by Gasteiger charge is -2.18. The summed E-state index contributed by atoms with van der Waals surface area (Å²) in [6, 6.07) is 11.8. The van der Waals surface area contributed by atoms with Crippen LogP contribution < -0.4 is 9.03 Å². The summed E-state index contributed by atoms with van der Waals surface area (Å²) in [7, 11) is -6.93. The molecule has 0 atom stereocenters. The van der Waals surface area contributed by atoms with Gasteiger partial charge in [-0.25, -0.2) is 16.8 Å². The summed E-state index contributed by atoms with van der Waals surface area (Å²) < 4.78 is 53.4. The van der Waals surface area contributed by atoms with Crippen LogP contribution in [0.4, 0.5) is 11.4 Å². The number of hydrogen-bond donors (Lipinski definition) is 1. The molecule has 1 fully saturated rings. The second-order valence-electron chi connectivity index (χ2n) is 7.03. The Labute approximate surface area is 160 Å². The van der Waals surface area contributed by atoms with Gasteiger partial charge in [-0.1, -0.05) is 6.07 Å². The molecule has 1 heterocycles. The zero-order valence-corrected chi connectivity index (χ0v) is 16.5. The van der Waals surface area contributed by atoms with Crippen LogP contribution >= 0.6 is 0 Å². The molecule has 2 aromatic carbocycles. The topological polar surface area (TPSA) is 83.6 Å². The Morgan fingerprint density at radius 2 is 1.59 bits per heavy atom. The van der Waals surface area contributed by atoms with Gasteiger partial charge in [-0.3, -0.25) is 9.03 Å². The van der Waals surface area contributed by atoms with Crippen LogP contribution in [0.1, 0.15) is 30.4 Å². The summed E-state index contributed by atoms with van der Waals surface area (Å²) >= 11 is 0. The van der Waals surface area contributed by atoms with Gasteiger partial charge in [0.25, 0.3) is 10.0 Å². The van der Waals surface area contributed by atoms with Crippen molar-refractivity contribution >= 4 is 31.4 Å². The highest BCUT2D eigenvalue weighted by molar-refractivity contribution is 7.93. The van der Waals surface area contributed by atoms with Gasteiger partial charge in [0.2, 0.25) is 10.0 Å². The SMILES string of the molecule is O=S(=O)(Nc1ccc(N2CCCS2(=O)=O)cc1)c1ccc2c(c1)CCCC2. The summed E-state index contributed by atoms with van der Waals surface area (Å²) in [5.74, 6) is 0.152. The highest BCUT2D eigenvalue weighted by Gasteiger charge is 2.28. The number of anilines is 2. The molecule has 6 nitrogen and oxygen atoms in total. The smallest absolute Gasteiger partial charge is 0.261 e. The molecule has 8 heteroatoms. The molecule has 1 saturated heterocycles. The highest BCUT2D eigenvalue weighted by Crippen LogP contribution is 2.28. The molecule has 27 heavy (non-hydrogen) atoms. The molecule has 1 N–H and O–H groups in total. The number of sulfonamides is 2. The highest BCUT2D eigenvalue weighted by atomic mass is 32.2. The van der Waals surface area contributed by atoms with Gasteiger partial charge < -0.3 is 0 Å². The number of benzene rings is 2. The van der Waals surface area contributed by atoms with Crippen molar-refractivity contribution < 1.29 is 16.8 Å². The fourth-order valence-electron chi connectivity index (χ4n) is 3.72. The predicted molar refractivity (Wildman–Crippen MR) is 106 cm³/mol. The summed E-state index contributed by atoms with van der Waals surface area (Å²) in [6.07, 6.45) is 4.76. The Kier molecular flexibility index (Phi) is 4.63. The van der Waals surface area contributed by atoms with Crippen molar-refractivity contribution in [1.82, 2.24) is 0 Å². The van der Waals surface area contributed by atoms with Crippen molar-refractivity contribution in [2.45, 2.75) is 37.0 Å². The molecule has 2 aromatic rings. The van der Waals surface area contributed by atoms with Crippen molar-refractivity contribution in [3.05, 3.63) is 53.6 Å². The molecule has 0 aromatic heterocycles. The predicted octanol–water partition coefficient (Wildman–Crippen LogP) is 2.91. The molecule has 0 bridgehead atoms. The van der Waals surface area contributed by atoms with Gasteiger partial charge in [0.1, 0.15) is 0 Å². The molecular formula is C19H22N2O4S2. The first-order valence-electron chi connectivity index (χ1n) is 9.10. The molecule has 0 radical (unpaired) electrons. The van der Waals surface area contributed by atoms with Gasteiger partial charge in [-0.15, -0.1) is 0 Å². The molecule has 1 aliphatic carbocycles. The first kappa shape index (κ1) is 18.3. The lowest BCUT2D eigenvalue weighted by atomic mass is 9.92. The monoisotopic (exact) mass is 406 g/mol. The molecule has 1 aliphatic heterocycles. The number of aryl methyl sites for hydroxylation is 2. The molecule has 0 spiro atoms. The first-order chi connectivity index (χ1) is 12.9. The number of rotatable bonds is 4. The van der Waals surface area contributed by atoms with Crippen LogP contribution in [0.2, 0.25) is 0 Å². The summed E-state index contributed by atoms with van der Waals surface area (Å²) in [5, 5.41) is 0. The van der Waals surface area contributed by atoms with E-state index in [0.29, 0.717) is 24.3 Å². The molecule has 4 rings (SSSR count). The Morgan fingerprint density at radius 3 is 2.26 bits per heavy atom. The van der Waals surface area contributed by atoms with Crippen LogP contribution in [0, 0.1) is 0 Å². The Morgan fingerprint density at radius 1 is 0.889 bits per heavy atom. The summed E-state index contributed by atoms with van der Waals surface area (Å²) in [4.78, 5) is 0.259. The number of nitrogens with zero attached hydrogens (tertiary/aromatic N) is 1. The van der Waals surface area contributed by atoms with Crippen molar-refractivity contribution in [3.63, 3.8) is 0 Å². The maximum absolute atomic E-state index is 12.7. The third-order valence-electron chi connectivity index (χ3n) is 5.14. The molecular weight excluding hydrogens is 384 g/mol. The lowest BCUT2D eigenvalue weighted by molar-refractivity contribution is 0.598. The molecule has 0 unspecified atom stereocenters. The number of fused-ring (bicyclic) bond motifs is 1. The zero-order chi connectivity index (χ0) is 19.1. The minimum Gasteiger partial charge on any atom is -0.280 e. The summed E-state index contributed by atoms with van der Waals surface area (Å²) in [6.45, 7) is 0.461. The van der Waals surface area contributed by atoms with E-state index in [1.165, 1.54) is 9.87 Å². The number of nitrogens with one attached hydrogen (secondary N) is 1. The van der Waals surface area contributed by atoms with E-state index >= 15 is 0 Å². The third kappa shape index (κ3) is 3.68. The van der Waals surface area contributed by atoms with Crippen molar-refractivity contribution in [2.24, 2.45) is 0 Å². The maximum atomic E-state index is 12.7. The maximum Gasteiger partial charge on any atom is 0.261 e. The molecule has 0 saturated carbocycles. The van der Waals surface area contributed by atoms with Gasteiger partial charge in [-0.05, 0) is 79.6 Å². The molecule has 2 aliphatic rings. The van der Waals surface area contributed by atoms with Crippen molar-refractivity contribution in [3.8, 4) is 0 Å². The van der Waals surface area contributed by atoms with Crippen LogP contribution in [0.25, 0.3) is 0 Å². The second kappa shape index (κ2) is 6.83. The van der Waals surface area contributed by atoms with E-state index in [2.05, 4.69) is 4.72 Å². The summed E-state index contributed by atoms with van der Waals surface area (Å²) in [5.41, 5.74) is 3.31. The minimum atomic E-state index is -3.68. The fourth-order valence-corrected chi connectivity index (χ4v) is 6.39. The second-order valence-corrected chi connectivity index (χ2v) is 10.7. The Balaban J connectivity index is 1.55. The van der Waals surface area contributed by atoms with Gasteiger partial charge in [0.15, 0.2) is 0 Å². The van der Waals surface area contributed by atoms with Gasteiger partial charge in [-0.2, -0.15) is 0 Å². The third-order valence-corrected chi connectivity index (χ3v) is 8.39. The molecule has 0 amide bonds. The average molecular weight is 407 g/mol. The van der Waals surface area contributed by atoms with Crippen LogP contribution in [0.15, 0.2) is 47.4 Å². The van der Waals surface area contributed by atoms with Crippen LogP contribution in [0.5, 0.6) is 0 Å². The number of hydrogen-bond acceptors (Lipinski definition) is 4. The van der Waals surface area contributed by atoms with E-state index in [1.54, 1.807) is 36.4 Å². The fraction of sp³-hybridized carbons (Fsp3) is 0.368. The normalized spacial score (nSPS) is 18.9. The quantitative estimate of drug-likeness (QED) is 0.846. The van der Waals surface area contributed by atoms with Crippen molar-refractivity contribution in [2.75, 3.05) is 21.3 Å². The van der Waals surface area contributed by atoms with E-state index in [9.17, 15) is 16.8 Å². The van der Waals surface area contributed by atoms with Crippen LogP contribution in [-0.2, 0) is 32.9 Å². The van der Waals surface area contributed by atoms with Gasteiger partial charge in [0.05, 0.1) is 16.3 Å². The minimum absolute atomic E-state index is 0.152. The van der Waals surface area contributed by atoms with E-state index in [1.807, 2.05) is 6.07 Å². The van der Waals surface area contributed by atoms with E-state index in [0.717, 1.165) is 31.2 Å². The molecule has 144 valence electrons. The van der Waals surface area contributed by atoms with Crippen molar-refractivity contribution in [1.29, 1.82) is 0 Å². The Bertz CT molecular complexity index is 1060. The standard InChI is InChI=1S/C19H22N2O4S2/c22-26(23)13-3-12-21(26)18-9-7-17(8-10-18)20-27(24,25)19-11-6-15-4-1-2-5-16(15)14-19/h6-11,14,20H,1-5,12-13H2. The van der Waals surface area contributed by atoms with E-state index < -0.39 is 20.0 Å². The first-order valence-corrected chi connectivity index (χ1v) is 12.2.